The second-order valence-electron chi connectivity index (χ2n) is 7.73. The summed E-state index contributed by atoms with van der Waals surface area (Å²) in [6.45, 7) is 7.90. The highest BCUT2D eigenvalue weighted by atomic mass is 32.2. The highest BCUT2D eigenvalue weighted by Gasteiger charge is 2.41. The molecule has 0 saturated heterocycles. The van der Waals surface area contributed by atoms with Crippen molar-refractivity contribution in [3.05, 3.63) is 99.6 Å². The van der Waals surface area contributed by atoms with Crippen LogP contribution in [0, 0.1) is 27.7 Å². The SMILES string of the molecule is Cc1ccc(C)c(NC2=C(Sc3ccccc3)C(=O)N(c3cccc(C)c3C)C2=O)c1. The summed E-state index contributed by atoms with van der Waals surface area (Å²) in [5.74, 6) is -0.640. The second-order valence-corrected chi connectivity index (χ2v) is 8.81. The van der Waals surface area contributed by atoms with Crippen molar-refractivity contribution in [3.63, 3.8) is 0 Å². The fourth-order valence-corrected chi connectivity index (χ4v) is 4.47. The van der Waals surface area contributed by atoms with Gasteiger partial charge in [-0.15, -0.1) is 0 Å². The van der Waals surface area contributed by atoms with E-state index in [9.17, 15) is 9.59 Å². The van der Waals surface area contributed by atoms with Gasteiger partial charge >= 0.3 is 0 Å². The van der Waals surface area contributed by atoms with Crippen LogP contribution in [0.5, 0.6) is 0 Å². The molecule has 2 amide bonds. The smallest absolute Gasteiger partial charge is 0.283 e. The van der Waals surface area contributed by atoms with Crippen molar-refractivity contribution in [3.8, 4) is 0 Å². The zero-order valence-corrected chi connectivity index (χ0v) is 18.8. The first-order chi connectivity index (χ1) is 14.9. The van der Waals surface area contributed by atoms with Crippen molar-refractivity contribution in [1.29, 1.82) is 0 Å². The molecule has 0 spiro atoms. The number of anilines is 2. The number of nitrogens with one attached hydrogen (secondary N) is 1. The summed E-state index contributed by atoms with van der Waals surface area (Å²) >= 11 is 1.31. The van der Waals surface area contributed by atoms with Crippen molar-refractivity contribution >= 4 is 35.0 Å². The molecule has 3 aromatic carbocycles. The van der Waals surface area contributed by atoms with Crippen molar-refractivity contribution in [2.45, 2.75) is 32.6 Å². The van der Waals surface area contributed by atoms with E-state index in [4.69, 9.17) is 0 Å². The summed E-state index contributed by atoms with van der Waals surface area (Å²) in [7, 11) is 0. The van der Waals surface area contributed by atoms with E-state index < -0.39 is 0 Å². The van der Waals surface area contributed by atoms with Crippen molar-refractivity contribution in [1.82, 2.24) is 0 Å². The van der Waals surface area contributed by atoms with Gasteiger partial charge in [0, 0.05) is 10.6 Å². The number of carbonyl (C=O) groups excluding carboxylic acids is 2. The minimum absolute atomic E-state index is 0.305. The lowest BCUT2D eigenvalue weighted by molar-refractivity contribution is -0.120. The second kappa shape index (κ2) is 8.44. The molecule has 0 radical (unpaired) electrons. The van der Waals surface area contributed by atoms with Gasteiger partial charge in [-0.05, 0) is 74.2 Å². The van der Waals surface area contributed by atoms with E-state index in [2.05, 4.69) is 5.32 Å². The quantitative estimate of drug-likeness (QED) is 0.513. The third kappa shape index (κ3) is 4.01. The van der Waals surface area contributed by atoms with Crippen LogP contribution in [-0.4, -0.2) is 11.8 Å². The molecule has 31 heavy (non-hydrogen) atoms. The Morgan fingerprint density at radius 1 is 0.774 bits per heavy atom. The molecule has 0 aromatic heterocycles. The highest BCUT2D eigenvalue weighted by molar-refractivity contribution is 8.04. The van der Waals surface area contributed by atoms with E-state index in [1.165, 1.54) is 16.7 Å². The van der Waals surface area contributed by atoms with Gasteiger partial charge in [-0.25, -0.2) is 4.90 Å². The van der Waals surface area contributed by atoms with E-state index in [1.54, 1.807) is 0 Å². The fourth-order valence-electron chi connectivity index (χ4n) is 3.52. The van der Waals surface area contributed by atoms with Crippen LogP contribution in [0.3, 0.4) is 0 Å². The molecule has 156 valence electrons. The standard InChI is InChI=1S/C26H24N2O2S/c1-16-13-14-18(3)21(15-16)27-23-24(31-20-10-6-5-7-11-20)26(30)28(25(23)29)22-12-8-9-17(2)19(22)4/h5-15,27H,1-4H3. The maximum atomic E-state index is 13.6. The van der Waals surface area contributed by atoms with Crippen LogP contribution >= 0.6 is 11.8 Å². The van der Waals surface area contributed by atoms with Crippen LogP contribution in [0.2, 0.25) is 0 Å². The van der Waals surface area contributed by atoms with Crippen LogP contribution in [0.25, 0.3) is 0 Å². The van der Waals surface area contributed by atoms with Gasteiger partial charge in [0.1, 0.15) is 10.6 Å². The average molecular weight is 429 g/mol. The first kappa shape index (κ1) is 20.9. The third-order valence-corrected chi connectivity index (χ3v) is 6.56. The minimum Gasteiger partial charge on any atom is -0.350 e. The third-order valence-electron chi connectivity index (χ3n) is 5.47. The van der Waals surface area contributed by atoms with Gasteiger partial charge in [-0.3, -0.25) is 9.59 Å². The van der Waals surface area contributed by atoms with E-state index in [1.807, 2.05) is 94.4 Å². The number of thioether (sulfide) groups is 1. The molecule has 0 aliphatic carbocycles. The van der Waals surface area contributed by atoms with E-state index >= 15 is 0 Å². The van der Waals surface area contributed by atoms with Crippen LogP contribution < -0.4 is 10.2 Å². The topological polar surface area (TPSA) is 49.4 Å². The van der Waals surface area contributed by atoms with Crippen LogP contribution in [0.4, 0.5) is 11.4 Å². The number of nitrogens with zero attached hydrogens (tertiary/aromatic N) is 1. The summed E-state index contributed by atoms with van der Waals surface area (Å²) in [6.07, 6.45) is 0. The summed E-state index contributed by atoms with van der Waals surface area (Å²) < 4.78 is 0. The molecule has 0 saturated carbocycles. The molecule has 1 N–H and O–H groups in total. The average Bonchev–Trinajstić information content (AvgIpc) is 2.97. The van der Waals surface area contributed by atoms with Gasteiger partial charge in [0.05, 0.1) is 5.69 Å². The lowest BCUT2D eigenvalue weighted by atomic mass is 10.1. The van der Waals surface area contributed by atoms with Gasteiger partial charge in [-0.2, -0.15) is 0 Å². The molecule has 1 aliphatic heterocycles. The molecular weight excluding hydrogens is 404 g/mol. The Balaban J connectivity index is 1.81. The molecule has 1 aliphatic rings. The lowest BCUT2D eigenvalue weighted by Gasteiger charge is -2.19. The molecular formula is C26H24N2O2S. The molecule has 3 aromatic rings. The van der Waals surface area contributed by atoms with Gasteiger partial charge in [0.2, 0.25) is 0 Å². The Morgan fingerprint density at radius 2 is 1.52 bits per heavy atom. The summed E-state index contributed by atoms with van der Waals surface area (Å²) in [5, 5.41) is 3.28. The Labute approximate surface area is 187 Å². The highest BCUT2D eigenvalue weighted by Crippen LogP contribution is 2.39. The van der Waals surface area contributed by atoms with Crippen molar-refractivity contribution in [2.75, 3.05) is 10.2 Å². The number of carbonyl (C=O) groups is 2. The molecule has 0 bridgehead atoms. The summed E-state index contributed by atoms with van der Waals surface area (Å²) in [5.41, 5.74) is 5.80. The Kier molecular flexibility index (Phi) is 5.70. The zero-order valence-electron chi connectivity index (χ0n) is 18.0. The fraction of sp³-hybridized carbons (Fsp3) is 0.154. The van der Waals surface area contributed by atoms with E-state index in [0.717, 1.165) is 32.8 Å². The zero-order chi connectivity index (χ0) is 22.1. The number of imide groups is 1. The van der Waals surface area contributed by atoms with Gasteiger partial charge in [-0.1, -0.05) is 54.2 Å². The molecule has 4 nitrogen and oxygen atoms in total. The van der Waals surface area contributed by atoms with Crippen molar-refractivity contribution in [2.24, 2.45) is 0 Å². The molecule has 4 rings (SSSR count). The monoisotopic (exact) mass is 428 g/mol. The number of hydrogen-bond donors (Lipinski definition) is 1. The maximum Gasteiger partial charge on any atom is 0.283 e. The molecule has 1 heterocycles. The molecule has 0 unspecified atom stereocenters. The first-order valence-electron chi connectivity index (χ1n) is 10.1. The Bertz CT molecular complexity index is 1220. The normalized spacial score (nSPS) is 13.9. The van der Waals surface area contributed by atoms with E-state index in [0.29, 0.717) is 16.3 Å². The Morgan fingerprint density at radius 3 is 2.26 bits per heavy atom. The first-order valence-corrected chi connectivity index (χ1v) is 10.9. The summed E-state index contributed by atoms with van der Waals surface area (Å²) in [4.78, 5) is 29.7. The lowest BCUT2D eigenvalue weighted by Crippen LogP contribution is -2.33. The number of amides is 2. The van der Waals surface area contributed by atoms with Gasteiger partial charge in [0.25, 0.3) is 11.8 Å². The van der Waals surface area contributed by atoms with Crippen LogP contribution in [-0.2, 0) is 9.59 Å². The van der Waals surface area contributed by atoms with Crippen LogP contribution in [0.1, 0.15) is 22.3 Å². The largest absolute Gasteiger partial charge is 0.350 e. The van der Waals surface area contributed by atoms with Crippen LogP contribution in [0.15, 0.2) is 82.2 Å². The number of rotatable bonds is 5. The van der Waals surface area contributed by atoms with Gasteiger partial charge in [0.15, 0.2) is 0 Å². The Hall–Kier alpha value is -3.31. The number of hydrogen-bond acceptors (Lipinski definition) is 4. The van der Waals surface area contributed by atoms with Gasteiger partial charge < -0.3 is 5.32 Å². The predicted molar refractivity (Wildman–Crippen MR) is 127 cm³/mol. The predicted octanol–water partition coefficient (Wildman–Crippen LogP) is 5.91. The summed E-state index contributed by atoms with van der Waals surface area (Å²) in [6, 6.07) is 21.3. The minimum atomic E-state index is -0.335. The van der Waals surface area contributed by atoms with Crippen molar-refractivity contribution < 1.29 is 9.59 Å². The van der Waals surface area contributed by atoms with E-state index in [-0.39, 0.29) is 11.8 Å². The molecule has 0 fully saturated rings. The molecule has 0 atom stereocenters. The number of benzene rings is 3. The maximum absolute atomic E-state index is 13.6. The molecule has 5 heteroatoms. The number of aryl methyl sites for hydroxylation is 3.